The highest BCUT2D eigenvalue weighted by Gasteiger charge is 2.36. The lowest BCUT2D eigenvalue weighted by Crippen LogP contribution is -2.37. The fraction of sp³-hybridized carbons (Fsp3) is 0.615. The van der Waals surface area contributed by atoms with E-state index in [2.05, 4.69) is 4.37 Å². The van der Waals surface area contributed by atoms with E-state index in [4.69, 9.17) is 4.74 Å². The molecule has 0 aromatic carbocycles. The summed E-state index contributed by atoms with van der Waals surface area (Å²) in [5, 5.41) is 9.62. The van der Waals surface area contributed by atoms with E-state index >= 15 is 0 Å². The molecule has 6 nitrogen and oxygen atoms in total. The van der Waals surface area contributed by atoms with Crippen LogP contribution in [0.3, 0.4) is 0 Å². The standard InChI is InChI=1S/C13H18N2O4S/c1-4-9-8(5-6-19-9)11(16)15(3)12-10(13(17)18)7(2)14-20-12/h8-9H,4-6H2,1-3H3,(H,17,18). The van der Waals surface area contributed by atoms with Crippen LogP contribution in [0.4, 0.5) is 5.00 Å². The molecule has 0 aliphatic carbocycles. The highest BCUT2D eigenvalue weighted by Crippen LogP contribution is 2.32. The molecular formula is C13H18N2O4S. The van der Waals surface area contributed by atoms with Crippen molar-refractivity contribution in [3.8, 4) is 0 Å². The van der Waals surface area contributed by atoms with Gasteiger partial charge in [0.05, 0.1) is 17.7 Å². The lowest BCUT2D eigenvalue weighted by atomic mass is 9.98. The van der Waals surface area contributed by atoms with Crippen molar-refractivity contribution < 1.29 is 19.4 Å². The third-order valence-corrected chi connectivity index (χ3v) is 4.64. The molecule has 1 aliphatic heterocycles. The number of aromatic carboxylic acids is 1. The molecule has 0 radical (unpaired) electrons. The average molecular weight is 298 g/mol. The SMILES string of the molecule is CCC1OCCC1C(=O)N(C)c1snc(C)c1C(=O)O. The highest BCUT2D eigenvalue weighted by atomic mass is 32.1. The predicted molar refractivity (Wildman–Crippen MR) is 75.4 cm³/mol. The second-order valence-corrected chi connectivity index (χ2v) is 5.62. The largest absolute Gasteiger partial charge is 0.478 e. The van der Waals surface area contributed by atoms with E-state index in [9.17, 15) is 14.7 Å². The van der Waals surface area contributed by atoms with Crippen LogP contribution in [0.1, 0.15) is 35.8 Å². The van der Waals surface area contributed by atoms with Crippen molar-refractivity contribution in [2.45, 2.75) is 32.8 Å². The molecule has 2 heterocycles. The van der Waals surface area contributed by atoms with Crippen LogP contribution in [0.15, 0.2) is 0 Å². The first-order valence-electron chi connectivity index (χ1n) is 6.56. The van der Waals surface area contributed by atoms with Gasteiger partial charge in [0.15, 0.2) is 0 Å². The zero-order valence-corrected chi connectivity index (χ0v) is 12.6. The molecule has 2 rings (SSSR count). The number of aromatic nitrogens is 1. The fourth-order valence-corrected chi connectivity index (χ4v) is 3.37. The van der Waals surface area contributed by atoms with E-state index in [0.29, 0.717) is 23.7 Å². The Balaban J connectivity index is 2.25. The summed E-state index contributed by atoms with van der Waals surface area (Å²) < 4.78 is 9.57. The van der Waals surface area contributed by atoms with Gasteiger partial charge in [-0.2, -0.15) is 4.37 Å². The summed E-state index contributed by atoms with van der Waals surface area (Å²) in [5.74, 6) is -1.35. The molecular weight excluding hydrogens is 280 g/mol. The Hall–Kier alpha value is -1.47. The average Bonchev–Trinajstić information content (AvgIpc) is 3.02. The number of hydrogen-bond donors (Lipinski definition) is 1. The summed E-state index contributed by atoms with van der Waals surface area (Å²) in [6, 6.07) is 0. The molecule has 0 spiro atoms. The van der Waals surface area contributed by atoms with Gasteiger partial charge in [-0.3, -0.25) is 4.79 Å². The van der Waals surface area contributed by atoms with Gasteiger partial charge in [0.1, 0.15) is 10.6 Å². The predicted octanol–water partition coefficient (Wildman–Crippen LogP) is 1.93. The number of carboxylic acid groups (broad SMARTS) is 1. The second-order valence-electron chi connectivity index (χ2n) is 4.86. The number of ether oxygens (including phenoxy) is 1. The van der Waals surface area contributed by atoms with Crippen molar-refractivity contribution in [3.63, 3.8) is 0 Å². The molecule has 110 valence electrons. The Labute approximate surface area is 121 Å². The van der Waals surface area contributed by atoms with E-state index in [1.54, 1.807) is 14.0 Å². The molecule has 7 heteroatoms. The maximum absolute atomic E-state index is 12.5. The molecule has 1 saturated heterocycles. The van der Waals surface area contributed by atoms with Gasteiger partial charge in [0, 0.05) is 13.7 Å². The van der Waals surface area contributed by atoms with Crippen molar-refractivity contribution in [1.82, 2.24) is 4.37 Å². The maximum Gasteiger partial charge on any atom is 0.340 e. The Bertz CT molecular complexity index is 528. The Morgan fingerprint density at radius 1 is 1.55 bits per heavy atom. The van der Waals surface area contributed by atoms with Crippen LogP contribution >= 0.6 is 11.5 Å². The van der Waals surface area contributed by atoms with Gasteiger partial charge in [0.2, 0.25) is 5.91 Å². The summed E-state index contributed by atoms with van der Waals surface area (Å²) in [6.45, 7) is 4.20. The number of hydrogen-bond acceptors (Lipinski definition) is 5. The molecule has 1 fully saturated rings. The van der Waals surface area contributed by atoms with Gasteiger partial charge >= 0.3 is 5.97 Å². The summed E-state index contributed by atoms with van der Waals surface area (Å²) in [7, 11) is 1.60. The second kappa shape index (κ2) is 5.88. The van der Waals surface area contributed by atoms with E-state index in [-0.39, 0.29) is 23.5 Å². The molecule has 0 saturated carbocycles. The van der Waals surface area contributed by atoms with Gasteiger partial charge in [0.25, 0.3) is 0 Å². The number of carbonyl (C=O) groups is 2. The maximum atomic E-state index is 12.5. The number of nitrogens with zero attached hydrogens (tertiary/aromatic N) is 2. The number of rotatable bonds is 4. The molecule has 2 unspecified atom stereocenters. The third kappa shape index (κ3) is 2.55. The molecule has 0 bridgehead atoms. The molecule has 1 aliphatic rings. The third-order valence-electron chi connectivity index (χ3n) is 3.62. The summed E-state index contributed by atoms with van der Waals surface area (Å²) in [6.07, 6.45) is 1.38. The zero-order chi connectivity index (χ0) is 14.9. The molecule has 1 amide bonds. The normalized spacial score (nSPS) is 21.9. The Kier molecular flexibility index (Phi) is 4.39. The first-order chi connectivity index (χ1) is 9.47. The number of anilines is 1. The van der Waals surface area contributed by atoms with Crippen LogP contribution in [-0.4, -0.2) is 41.1 Å². The van der Waals surface area contributed by atoms with Gasteiger partial charge < -0.3 is 14.7 Å². The quantitative estimate of drug-likeness (QED) is 0.918. The Morgan fingerprint density at radius 3 is 2.85 bits per heavy atom. The van der Waals surface area contributed by atoms with E-state index in [1.807, 2.05) is 6.92 Å². The fourth-order valence-electron chi connectivity index (χ4n) is 2.52. The summed E-state index contributed by atoms with van der Waals surface area (Å²) >= 11 is 1.04. The first kappa shape index (κ1) is 14.9. The van der Waals surface area contributed by atoms with Gasteiger partial charge in [-0.25, -0.2) is 4.79 Å². The minimum absolute atomic E-state index is 0.0766. The van der Waals surface area contributed by atoms with Gasteiger partial charge in [-0.1, -0.05) is 6.92 Å². The first-order valence-corrected chi connectivity index (χ1v) is 7.33. The number of aryl methyl sites for hydroxylation is 1. The van der Waals surface area contributed by atoms with Crippen LogP contribution in [0.5, 0.6) is 0 Å². The minimum Gasteiger partial charge on any atom is -0.478 e. The molecule has 2 atom stereocenters. The molecule has 1 aromatic rings. The van der Waals surface area contributed by atoms with Gasteiger partial charge in [-0.15, -0.1) is 0 Å². The van der Waals surface area contributed by atoms with Crippen molar-refractivity contribution in [2.75, 3.05) is 18.6 Å². The molecule has 1 N–H and O–H groups in total. The van der Waals surface area contributed by atoms with Crippen molar-refractivity contribution >= 4 is 28.4 Å². The highest BCUT2D eigenvalue weighted by molar-refractivity contribution is 7.11. The van der Waals surface area contributed by atoms with Crippen LogP contribution in [0.25, 0.3) is 0 Å². The smallest absolute Gasteiger partial charge is 0.340 e. The summed E-state index contributed by atoms with van der Waals surface area (Å²) in [4.78, 5) is 25.2. The van der Waals surface area contributed by atoms with Crippen LogP contribution in [0.2, 0.25) is 0 Å². The topological polar surface area (TPSA) is 79.7 Å². The van der Waals surface area contributed by atoms with Crippen LogP contribution < -0.4 is 4.90 Å². The van der Waals surface area contributed by atoms with E-state index < -0.39 is 5.97 Å². The number of amides is 1. The van der Waals surface area contributed by atoms with E-state index in [0.717, 1.165) is 18.0 Å². The lowest BCUT2D eigenvalue weighted by molar-refractivity contribution is -0.123. The Morgan fingerprint density at radius 2 is 2.25 bits per heavy atom. The number of carbonyl (C=O) groups excluding carboxylic acids is 1. The molecule has 20 heavy (non-hydrogen) atoms. The van der Waals surface area contributed by atoms with Crippen molar-refractivity contribution in [2.24, 2.45) is 5.92 Å². The zero-order valence-electron chi connectivity index (χ0n) is 11.8. The number of carboxylic acids is 1. The van der Waals surface area contributed by atoms with Crippen molar-refractivity contribution in [1.29, 1.82) is 0 Å². The van der Waals surface area contributed by atoms with Crippen LogP contribution in [-0.2, 0) is 9.53 Å². The van der Waals surface area contributed by atoms with Crippen LogP contribution in [0, 0.1) is 12.8 Å². The minimum atomic E-state index is -1.05. The summed E-state index contributed by atoms with van der Waals surface area (Å²) in [5.41, 5.74) is 0.546. The van der Waals surface area contributed by atoms with E-state index in [1.165, 1.54) is 4.90 Å². The monoisotopic (exact) mass is 298 g/mol. The lowest BCUT2D eigenvalue weighted by Gasteiger charge is -2.22. The van der Waals surface area contributed by atoms with Gasteiger partial charge in [-0.05, 0) is 31.3 Å². The van der Waals surface area contributed by atoms with Crippen molar-refractivity contribution in [3.05, 3.63) is 11.3 Å². The molecule has 1 aromatic heterocycles.